The van der Waals surface area contributed by atoms with Crippen LogP contribution in [0.2, 0.25) is 0 Å². The van der Waals surface area contributed by atoms with Gasteiger partial charge in [-0.2, -0.15) is 0 Å². The molecule has 3 aromatic rings. The summed E-state index contributed by atoms with van der Waals surface area (Å²) in [6.45, 7) is 7.92. The number of hydrogen-bond acceptors (Lipinski definition) is 5. The summed E-state index contributed by atoms with van der Waals surface area (Å²) in [5.41, 5.74) is 0.464. The second-order valence-corrected chi connectivity index (χ2v) is 8.45. The summed E-state index contributed by atoms with van der Waals surface area (Å²) >= 11 is 0. The molecule has 1 saturated heterocycles. The van der Waals surface area contributed by atoms with E-state index in [9.17, 15) is 9.18 Å². The van der Waals surface area contributed by atoms with E-state index >= 15 is 0 Å². The third-order valence-electron chi connectivity index (χ3n) is 6.28. The first-order valence-corrected chi connectivity index (χ1v) is 11.4. The number of carbonyl (C=O) groups excluding carboxylic acids is 1. The molecule has 174 valence electrons. The Labute approximate surface area is 194 Å². The summed E-state index contributed by atoms with van der Waals surface area (Å²) in [4.78, 5) is 14.8. The van der Waals surface area contributed by atoms with Crippen LogP contribution in [-0.2, 0) is 15.1 Å². The van der Waals surface area contributed by atoms with Crippen molar-refractivity contribution >= 4 is 16.7 Å². The van der Waals surface area contributed by atoms with E-state index in [0.717, 1.165) is 29.4 Å². The van der Waals surface area contributed by atoms with Crippen molar-refractivity contribution in [1.29, 1.82) is 0 Å². The van der Waals surface area contributed by atoms with Gasteiger partial charge >= 0.3 is 5.97 Å². The first kappa shape index (κ1) is 23.2. The van der Waals surface area contributed by atoms with Crippen molar-refractivity contribution in [1.82, 2.24) is 4.90 Å². The van der Waals surface area contributed by atoms with Crippen molar-refractivity contribution < 1.29 is 23.4 Å². The summed E-state index contributed by atoms with van der Waals surface area (Å²) in [6.07, 6.45) is 0.620. The molecule has 1 fully saturated rings. The molecule has 6 heteroatoms. The highest BCUT2D eigenvalue weighted by Gasteiger charge is 2.30. The van der Waals surface area contributed by atoms with Gasteiger partial charge in [0, 0.05) is 25.2 Å². The molecule has 1 heterocycles. The molecule has 1 atom stereocenters. The second-order valence-electron chi connectivity index (χ2n) is 8.45. The van der Waals surface area contributed by atoms with Gasteiger partial charge in [0.25, 0.3) is 0 Å². The fourth-order valence-corrected chi connectivity index (χ4v) is 4.13. The van der Waals surface area contributed by atoms with Crippen LogP contribution in [0.25, 0.3) is 10.8 Å². The number of ether oxygens (including phenoxy) is 3. The minimum atomic E-state index is -0.777. The zero-order valence-electron chi connectivity index (χ0n) is 19.2. The summed E-state index contributed by atoms with van der Waals surface area (Å²) in [5.74, 6) is -0.967. The zero-order valence-corrected chi connectivity index (χ0v) is 19.2. The van der Waals surface area contributed by atoms with Crippen LogP contribution in [0, 0.1) is 5.82 Å². The van der Waals surface area contributed by atoms with E-state index in [1.807, 2.05) is 56.3 Å². The van der Waals surface area contributed by atoms with Crippen LogP contribution in [0.5, 0.6) is 5.75 Å². The third-order valence-corrected chi connectivity index (χ3v) is 6.28. The van der Waals surface area contributed by atoms with Crippen LogP contribution in [-0.4, -0.2) is 50.3 Å². The van der Waals surface area contributed by atoms with Gasteiger partial charge in [-0.3, -0.25) is 4.90 Å². The summed E-state index contributed by atoms with van der Waals surface area (Å²) < 4.78 is 31.7. The molecule has 0 N–H and O–H groups in total. The van der Waals surface area contributed by atoms with Gasteiger partial charge in [-0.15, -0.1) is 0 Å². The van der Waals surface area contributed by atoms with E-state index in [-0.39, 0.29) is 17.9 Å². The lowest BCUT2D eigenvalue weighted by Gasteiger charge is -2.31. The van der Waals surface area contributed by atoms with Gasteiger partial charge < -0.3 is 14.2 Å². The van der Waals surface area contributed by atoms with Crippen molar-refractivity contribution in [3.05, 3.63) is 77.6 Å². The van der Waals surface area contributed by atoms with E-state index in [0.29, 0.717) is 26.2 Å². The number of fused-ring (bicyclic) bond motifs is 1. The van der Waals surface area contributed by atoms with E-state index in [1.54, 1.807) is 0 Å². The molecule has 5 nitrogen and oxygen atoms in total. The maximum absolute atomic E-state index is 14.7. The second kappa shape index (κ2) is 10.3. The monoisotopic (exact) mass is 451 g/mol. The summed E-state index contributed by atoms with van der Waals surface area (Å²) in [5, 5.41) is 2.15. The predicted molar refractivity (Wildman–Crippen MR) is 126 cm³/mol. The Morgan fingerprint density at radius 1 is 1.09 bits per heavy atom. The number of halogens is 1. The lowest BCUT2D eigenvalue weighted by atomic mass is 9.88. The van der Waals surface area contributed by atoms with Crippen molar-refractivity contribution in [3.8, 4) is 5.75 Å². The highest BCUT2D eigenvalue weighted by atomic mass is 19.1. The lowest BCUT2D eigenvalue weighted by molar-refractivity contribution is 0.0194. The molecule has 1 aliphatic rings. The third kappa shape index (κ3) is 5.34. The van der Waals surface area contributed by atoms with E-state index in [1.165, 1.54) is 18.2 Å². The number of morpholine rings is 1. The summed E-state index contributed by atoms with van der Waals surface area (Å²) in [6, 6.07) is 18.2. The fraction of sp³-hybridized carbons (Fsp3) is 0.370. The van der Waals surface area contributed by atoms with Crippen LogP contribution < -0.4 is 4.74 Å². The molecule has 3 aromatic carbocycles. The van der Waals surface area contributed by atoms with Gasteiger partial charge in [0.2, 0.25) is 0 Å². The minimum absolute atomic E-state index is 0.0370. The van der Waals surface area contributed by atoms with Crippen LogP contribution >= 0.6 is 0 Å². The van der Waals surface area contributed by atoms with Crippen LogP contribution in [0.1, 0.15) is 36.2 Å². The van der Waals surface area contributed by atoms with Gasteiger partial charge in [0.05, 0.1) is 18.8 Å². The van der Waals surface area contributed by atoms with Crippen molar-refractivity contribution in [3.63, 3.8) is 0 Å². The molecule has 0 aliphatic carbocycles. The molecular weight excluding hydrogens is 421 g/mol. The molecule has 0 aromatic heterocycles. The molecule has 0 saturated carbocycles. The number of hydrogen-bond donors (Lipinski definition) is 0. The minimum Gasteiger partial charge on any atom is -0.480 e. The predicted octanol–water partition coefficient (Wildman–Crippen LogP) is 5.17. The molecule has 0 spiro atoms. The Morgan fingerprint density at radius 3 is 2.64 bits per heavy atom. The number of benzene rings is 3. The highest BCUT2D eigenvalue weighted by Crippen LogP contribution is 2.36. The van der Waals surface area contributed by atoms with Crippen LogP contribution in [0.15, 0.2) is 60.7 Å². The number of nitrogens with zero attached hydrogens (tertiary/aromatic N) is 1. The molecule has 33 heavy (non-hydrogen) atoms. The van der Waals surface area contributed by atoms with E-state index < -0.39 is 17.4 Å². The highest BCUT2D eigenvalue weighted by molar-refractivity contribution is 5.90. The molecule has 0 amide bonds. The average Bonchev–Trinajstić information content (AvgIpc) is 2.85. The van der Waals surface area contributed by atoms with Gasteiger partial charge in [-0.05, 0) is 42.3 Å². The van der Waals surface area contributed by atoms with Gasteiger partial charge in [-0.1, -0.05) is 49.4 Å². The molecule has 0 radical (unpaired) electrons. The standard InChI is InChI=1S/C27H30FNO4/c1-3-27(2,23-10-6-8-20-7-4-5-9-22(20)23)33-25-19-21(11-12-24(25)28)26(30)32-18-15-29-13-16-31-17-14-29/h4-12,19H,3,13-18H2,1-2H3. The summed E-state index contributed by atoms with van der Waals surface area (Å²) in [7, 11) is 0. The molecule has 0 bridgehead atoms. The quantitative estimate of drug-likeness (QED) is 0.442. The maximum Gasteiger partial charge on any atom is 0.338 e. The Bertz CT molecular complexity index is 1110. The van der Waals surface area contributed by atoms with Crippen molar-refractivity contribution in [2.75, 3.05) is 39.5 Å². The Morgan fingerprint density at radius 2 is 1.85 bits per heavy atom. The molecule has 4 rings (SSSR count). The smallest absolute Gasteiger partial charge is 0.338 e. The van der Waals surface area contributed by atoms with Gasteiger partial charge in [0.1, 0.15) is 12.2 Å². The van der Waals surface area contributed by atoms with Gasteiger partial charge in [0.15, 0.2) is 11.6 Å². The lowest BCUT2D eigenvalue weighted by Crippen LogP contribution is -2.38. The SMILES string of the molecule is CCC(C)(Oc1cc(C(=O)OCCN2CCOCC2)ccc1F)c1cccc2ccccc12. The van der Waals surface area contributed by atoms with Crippen molar-refractivity contribution in [2.24, 2.45) is 0 Å². The fourth-order valence-electron chi connectivity index (χ4n) is 4.13. The number of esters is 1. The first-order chi connectivity index (χ1) is 16.0. The Balaban J connectivity index is 1.51. The maximum atomic E-state index is 14.7. The Hall–Kier alpha value is -2.96. The van der Waals surface area contributed by atoms with Crippen LogP contribution in [0.4, 0.5) is 4.39 Å². The van der Waals surface area contributed by atoms with Crippen LogP contribution in [0.3, 0.4) is 0 Å². The topological polar surface area (TPSA) is 48.0 Å². The van der Waals surface area contributed by atoms with E-state index in [4.69, 9.17) is 14.2 Å². The number of rotatable bonds is 8. The average molecular weight is 452 g/mol. The molecular formula is C27H30FNO4. The zero-order chi connectivity index (χ0) is 23.3. The van der Waals surface area contributed by atoms with E-state index in [2.05, 4.69) is 4.90 Å². The molecule has 1 aliphatic heterocycles. The van der Waals surface area contributed by atoms with Crippen molar-refractivity contribution in [2.45, 2.75) is 25.9 Å². The normalized spacial score (nSPS) is 16.3. The largest absolute Gasteiger partial charge is 0.480 e. The Kier molecular flexibility index (Phi) is 7.26. The van der Waals surface area contributed by atoms with Gasteiger partial charge in [-0.25, -0.2) is 9.18 Å². The first-order valence-electron chi connectivity index (χ1n) is 11.4. The molecule has 1 unspecified atom stereocenters. The number of carbonyl (C=O) groups is 1.